The molecule has 0 saturated heterocycles. The molecule has 2 rings (SSSR count). The average molecular weight is 272 g/mol. The van der Waals surface area contributed by atoms with Gasteiger partial charge in [0.1, 0.15) is 5.82 Å². The molecule has 0 aromatic heterocycles. The van der Waals surface area contributed by atoms with Crippen LogP contribution in [0, 0.1) is 5.82 Å². The number of halogens is 1. The standard InChI is InChI=1S/C17H21FN2/c1-3-19-12-14-6-4-7-15(10-14)13-20(2)17-9-5-8-16(18)11-17/h4-11,19H,3,12-13H2,1-2H3. The van der Waals surface area contributed by atoms with Crippen LogP contribution in [0.5, 0.6) is 0 Å². The van der Waals surface area contributed by atoms with Gasteiger partial charge in [-0.05, 0) is 35.9 Å². The largest absolute Gasteiger partial charge is 0.370 e. The highest BCUT2D eigenvalue weighted by atomic mass is 19.1. The van der Waals surface area contributed by atoms with Crippen molar-refractivity contribution < 1.29 is 4.39 Å². The van der Waals surface area contributed by atoms with Crippen molar-refractivity contribution in [2.45, 2.75) is 20.0 Å². The van der Waals surface area contributed by atoms with E-state index in [2.05, 4.69) is 41.4 Å². The van der Waals surface area contributed by atoms with Crippen molar-refractivity contribution in [3.8, 4) is 0 Å². The van der Waals surface area contributed by atoms with Gasteiger partial charge in [-0.2, -0.15) is 0 Å². The van der Waals surface area contributed by atoms with Crippen molar-refractivity contribution in [3.63, 3.8) is 0 Å². The molecule has 0 saturated carbocycles. The number of rotatable bonds is 6. The van der Waals surface area contributed by atoms with Gasteiger partial charge >= 0.3 is 0 Å². The summed E-state index contributed by atoms with van der Waals surface area (Å²) in [4.78, 5) is 2.05. The molecule has 0 heterocycles. The minimum Gasteiger partial charge on any atom is -0.370 e. The molecule has 0 aliphatic rings. The SMILES string of the molecule is CCNCc1cccc(CN(C)c2cccc(F)c2)c1. The smallest absolute Gasteiger partial charge is 0.125 e. The zero-order valence-corrected chi connectivity index (χ0v) is 12.1. The summed E-state index contributed by atoms with van der Waals surface area (Å²) in [6.45, 7) is 4.71. The van der Waals surface area contributed by atoms with Gasteiger partial charge in [-0.3, -0.25) is 0 Å². The van der Waals surface area contributed by atoms with E-state index in [1.54, 1.807) is 12.1 Å². The fraction of sp³-hybridized carbons (Fsp3) is 0.294. The van der Waals surface area contributed by atoms with Crippen LogP contribution in [0.4, 0.5) is 10.1 Å². The molecule has 0 bridgehead atoms. The van der Waals surface area contributed by atoms with Crippen LogP contribution in [-0.4, -0.2) is 13.6 Å². The van der Waals surface area contributed by atoms with Crippen molar-refractivity contribution in [1.29, 1.82) is 0 Å². The van der Waals surface area contributed by atoms with Crippen molar-refractivity contribution in [2.75, 3.05) is 18.5 Å². The van der Waals surface area contributed by atoms with Crippen LogP contribution in [0.1, 0.15) is 18.1 Å². The first kappa shape index (κ1) is 14.5. The summed E-state index contributed by atoms with van der Waals surface area (Å²) < 4.78 is 13.2. The van der Waals surface area contributed by atoms with Gasteiger partial charge in [0.2, 0.25) is 0 Å². The average Bonchev–Trinajstić information content (AvgIpc) is 2.45. The summed E-state index contributed by atoms with van der Waals surface area (Å²) in [5.41, 5.74) is 3.39. The molecule has 2 aromatic carbocycles. The van der Waals surface area contributed by atoms with E-state index in [-0.39, 0.29) is 5.82 Å². The van der Waals surface area contributed by atoms with E-state index >= 15 is 0 Å². The third kappa shape index (κ3) is 4.07. The molecule has 106 valence electrons. The third-order valence-electron chi connectivity index (χ3n) is 3.24. The third-order valence-corrected chi connectivity index (χ3v) is 3.24. The van der Waals surface area contributed by atoms with Crippen LogP contribution in [0.2, 0.25) is 0 Å². The molecular formula is C17H21FN2. The van der Waals surface area contributed by atoms with E-state index in [1.807, 2.05) is 13.1 Å². The molecule has 0 atom stereocenters. The van der Waals surface area contributed by atoms with Crippen LogP contribution in [0.3, 0.4) is 0 Å². The van der Waals surface area contributed by atoms with Crippen molar-refractivity contribution in [2.24, 2.45) is 0 Å². The highest BCUT2D eigenvalue weighted by Gasteiger charge is 2.04. The van der Waals surface area contributed by atoms with Crippen LogP contribution < -0.4 is 10.2 Å². The number of hydrogen-bond donors (Lipinski definition) is 1. The Morgan fingerprint density at radius 2 is 1.80 bits per heavy atom. The minimum atomic E-state index is -0.199. The van der Waals surface area contributed by atoms with Gasteiger partial charge in [0.15, 0.2) is 0 Å². The van der Waals surface area contributed by atoms with Gasteiger partial charge in [-0.1, -0.05) is 37.3 Å². The van der Waals surface area contributed by atoms with Gasteiger partial charge in [-0.25, -0.2) is 4.39 Å². The Labute approximate surface area is 120 Å². The van der Waals surface area contributed by atoms with Crippen LogP contribution in [-0.2, 0) is 13.1 Å². The van der Waals surface area contributed by atoms with Crippen molar-refractivity contribution in [3.05, 3.63) is 65.5 Å². The highest BCUT2D eigenvalue weighted by molar-refractivity contribution is 5.46. The number of hydrogen-bond acceptors (Lipinski definition) is 2. The van der Waals surface area contributed by atoms with E-state index in [1.165, 1.54) is 17.2 Å². The molecule has 20 heavy (non-hydrogen) atoms. The van der Waals surface area contributed by atoms with E-state index < -0.39 is 0 Å². The Hall–Kier alpha value is -1.87. The molecular weight excluding hydrogens is 251 g/mol. The summed E-state index contributed by atoms with van der Waals surface area (Å²) in [5, 5.41) is 3.32. The molecule has 0 spiro atoms. The lowest BCUT2D eigenvalue weighted by molar-refractivity contribution is 0.627. The molecule has 1 N–H and O–H groups in total. The zero-order valence-electron chi connectivity index (χ0n) is 12.1. The van der Waals surface area contributed by atoms with E-state index in [0.29, 0.717) is 0 Å². The molecule has 0 amide bonds. The molecule has 0 radical (unpaired) electrons. The first-order valence-electron chi connectivity index (χ1n) is 6.94. The second kappa shape index (κ2) is 7.06. The fourth-order valence-corrected chi connectivity index (χ4v) is 2.19. The lowest BCUT2D eigenvalue weighted by Gasteiger charge is -2.20. The summed E-state index contributed by atoms with van der Waals surface area (Å²) >= 11 is 0. The lowest BCUT2D eigenvalue weighted by Crippen LogP contribution is -2.17. The predicted molar refractivity (Wildman–Crippen MR) is 82.3 cm³/mol. The second-order valence-corrected chi connectivity index (χ2v) is 4.94. The molecule has 0 aliphatic carbocycles. The van der Waals surface area contributed by atoms with Crippen LogP contribution >= 0.6 is 0 Å². The Morgan fingerprint density at radius 1 is 1.05 bits per heavy atom. The second-order valence-electron chi connectivity index (χ2n) is 4.94. The first-order valence-corrected chi connectivity index (χ1v) is 6.94. The highest BCUT2D eigenvalue weighted by Crippen LogP contribution is 2.17. The molecule has 0 unspecified atom stereocenters. The van der Waals surface area contributed by atoms with Gasteiger partial charge in [0.05, 0.1) is 0 Å². The number of nitrogens with one attached hydrogen (secondary N) is 1. The van der Waals surface area contributed by atoms with Gasteiger partial charge in [0, 0.05) is 25.8 Å². The lowest BCUT2D eigenvalue weighted by atomic mass is 10.1. The maximum Gasteiger partial charge on any atom is 0.125 e. The first-order chi connectivity index (χ1) is 9.69. The molecule has 2 aromatic rings. The number of nitrogens with zero attached hydrogens (tertiary/aromatic N) is 1. The normalized spacial score (nSPS) is 10.6. The summed E-state index contributed by atoms with van der Waals surface area (Å²) in [6, 6.07) is 15.2. The minimum absolute atomic E-state index is 0.199. The Kier molecular flexibility index (Phi) is 5.13. The number of anilines is 1. The maximum absolute atomic E-state index is 13.2. The molecule has 0 aliphatic heterocycles. The molecule has 2 nitrogen and oxygen atoms in total. The van der Waals surface area contributed by atoms with Crippen LogP contribution in [0.15, 0.2) is 48.5 Å². The fourth-order valence-electron chi connectivity index (χ4n) is 2.19. The Balaban J connectivity index is 2.05. The summed E-state index contributed by atoms with van der Waals surface area (Å²) in [6.07, 6.45) is 0. The van der Waals surface area contributed by atoms with Gasteiger partial charge in [-0.15, -0.1) is 0 Å². The Morgan fingerprint density at radius 3 is 2.55 bits per heavy atom. The summed E-state index contributed by atoms with van der Waals surface area (Å²) in [7, 11) is 1.98. The van der Waals surface area contributed by atoms with E-state index in [4.69, 9.17) is 0 Å². The monoisotopic (exact) mass is 272 g/mol. The zero-order chi connectivity index (χ0) is 14.4. The molecule has 3 heteroatoms. The van der Waals surface area contributed by atoms with Gasteiger partial charge in [0.25, 0.3) is 0 Å². The topological polar surface area (TPSA) is 15.3 Å². The van der Waals surface area contributed by atoms with E-state index in [9.17, 15) is 4.39 Å². The predicted octanol–water partition coefficient (Wildman–Crippen LogP) is 3.57. The van der Waals surface area contributed by atoms with Crippen molar-refractivity contribution in [1.82, 2.24) is 5.32 Å². The summed E-state index contributed by atoms with van der Waals surface area (Å²) in [5.74, 6) is -0.199. The number of benzene rings is 2. The molecule has 0 fully saturated rings. The maximum atomic E-state index is 13.2. The van der Waals surface area contributed by atoms with Gasteiger partial charge < -0.3 is 10.2 Å². The van der Waals surface area contributed by atoms with E-state index in [0.717, 1.165) is 25.3 Å². The van der Waals surface area contributed by atoms with Crippen molar-refractivity contribution >= 4 is 5.69 Å². The van der Waals surface area contributed by atoms with Crippen LogP contribution in [0.25, 0.3) is 0 Å². The Bertz CT molecular complexity index is 554. The quantitative estimate of drug-likeness (QED) is 0.865.